The van der Waals surface area contributed by atoms with Crippen LogP contribution in [0.15, 0.2) is 22.7 Å². The summed E-state index contributed by atoms with van der Waals surface area (Å²) in [5.41, 5.74) is 1.02. The van der Waals surface area contributed by atoms with E-state index in [1.165, 1.54) is 12.1 Å². The summed E-state index contributed by atoms with van der Waals surface area (Å²) in [4.78, 5) is 10.2. The molecule has 1 aromatic carbocycles. The second-order valence-corrected chi connectivity index (χ2v) is 5.16. The lowest BCUT2D eigenvalue weighted by atomic mass is 10.1. The first-order chi connectivity index (χ1) is 8.45. The van der Waals surface area contributed by atoms with Gasteiger partial charge in [-0.05, 0) is 17.5 Å². The Morgan fingerprint density at radius 2 is 2.22 bits per heavy atom. The van der Waals surface area contributed by atoms with Crippen molar-refractivity contribution < 1.29 is 4.92 Å². The van der Waals surface area contributed by atoms with Gasteiger partial charge in [0.2, 0.25) is 0 Å². The van der Waals surface area contributed by atoms with Crippen LogP contribution in [0.25, 0.3) is 0 Å². The minimum atomic E-state index is -0.416. The van der Waals surface area contributed by atoms with Crippen molar-refractivity contribution >= 4 is 21.6 Å². The van der Waals surface area contributed by atoms with Gasteiger partial charge in [-0.3, -0.25) is 15.4 Å². The number of hydrogen-bond donors (Lipinski definition) is 1. The van der Waals surface area contributed by atoms with Crippen LogP contribution in [0, 0.1) is 28.4 Å². The third-order valence-corrected chi connectivity index (χ3v) is 3.34. The molecule has 5 heteroatoms. The monoisotopic (exact) mass is 310 g/mol. The fraction of sp³-hybridized carbons (Fsp3) is 0.385. The lowest BCUT2D eigenvalue weighted by Crippen LogP contribution is -2.31. The molecule has 0 heterocycles. The van der Waals surface area contributed by atoms with E-state index in [-0.39, 0.29) is 11.7 Å². The number of halogens is 1. The number of nitrogens with zero attached hydrogens (tertiary/aromatic N) is 1. The number of non-ortho nitro benzene ring substituents is 1. The van der Waals surface area contributed by atoms with Gasteiger partial charge in [-0.1, -0.05) is 35.7 Å². The number of terminal acetylenes is 1. The zero-order valence-corrected chi connectivity index (χ0v) is 11.9. The minimum absolute atomic E-state index is 0.00732. The molecule has 18 heavy (non-hydrogen) atoms. The highest BCUT2D eigenvalue weighted by Gasteiger charge is 2.12. The van der Waals surface area contributed by atoms with Crippen molar-refractivity contribution in [3.63, 3.8) is 0 Å². The van der Waals surface area contributed by atoms with E-state index in [4.69, 9.17) is 6.42 Å². The lowest BCUT2D eigenvalue weighted by molar-refractivity contribution is -0.384. The van der Waals surface area contributed by atoms with Crippen molar-refractivity contribution in [1.29, 1.82) is 0 Å². The molecule has 0 aliphatic carbocycles. The smallest absolute Gasteiger partial charge is 0.270 e. The van der Waals surface area contributed by atoms with E-state index >= 15 is 0 Å². The summed E-state index contributed by atoms with van der Waals surface area (Å²) < 4.78 is 0.712. The van der Waals surface area contributed by atoms with E-state index < -0.39 is 4.92 Å². The molecule has 0 bridgehead atoms. The molecule has 4 nitrogen and oxygen atoms in total. The lowest BCUT2D eigenvalue weighted by Gasteiger charge is -2.17. The molecule has 0 saturated carbocycles. The van der Waals surface area contributed by atoms with Gasteiger partial charge in [0.1, 0.15) is 0 Å². The molecule has 1 atom stereocenters. The van der Waals surface area contributed by atoms with E-state index in [0.29, 0.717) is 16.9 Å². The molecule has 1 N–H and O–H groups in total. The first-order valence-electron chi connectivity index (χ1n) is 5.58. The van der Waals surface area contributed by atoms with Crippen LogP contribution < -0.4 is 5.32 Å². The SMILES string of the molecule is C#CC(NCc1ccc([N+](=O)[O-])cc1Br)C(C)C. The molecule has 0 aliphatic rings. The van der Waals surface area contributed by atoms with Crippen molar-refractivity contribution in [1.82, 2.24) is 5.32 Å². The maximum Gasteiger partial charge on any atom is 0.270 e. The molecular weight excluding hydrogens is 296 g/mol. The molecule has 0 amide bonds. The van der Waals surface area contributed by atoms with Crippen molar-refractivity contribution in [3.8, 4) is 12.3 Å². The molecule has 96 valence electrons. The van der Waals surface area contributed by atoms with Crippen LogP contribution in [0.4, 0.5) is 5.69 Å². The molecule has 0 aliphatic heterocycles. The Bertz CT molecular complexity index is 480. The minimum Gasteiger partial charge on any atom is -0.299 e. The Morgan fingerprint density at radius 1 is 1.56 bits per heavy atom. The Balaban J connectivity index is 2.75. The first-order valence-corrected chi connectivity index (χ1v) is 6.37. The Morgan fingerprint density at radius 3 is 2.67 bits per heavy atom. The standard InChI is InChI=1S/C13H15BrN2O2/c1-4-13(9(2)3)15-8-10-5-6-11(16(17)18)7-12(10)14/h1,5-7,9,13,15H,8H2,2-3H3. The van der Waals surface area contributed by atoms with E-state index in [1.54, 1.807) is 6.07 Å². The van der Waals surface area contributed by atoms with Gasteiger partial charge in [0.25, 0.3) is 5.69 Å². The molecule has 1 unspecified atom stereocenters. The number of nitrogens with one attached hydrogen (secondary N) is 1. The summed E-state index contributed by atoms with van der Waals surface area (Å²) in [7, 11) is 0. The van der Waals surface area contributed by atoms with Crippen molar-refractivity contribution in [3.05, 3.63) is 38.3 Å². The van der Waals surface area contributed by atoms with E-state index in [9.17, 15) is 10.1 Å². The van der Waals surface area contributed by atoms with Crippen molar-refractivity contribution in [2.75, 3.05) is 0 Å². The number of rotatable bonds is 5. The van der Waals surface area contributed by atoms with Crippen LogP contribution in [0.3, 0.4) is 0 Å². The zero-order chi connectivity index (χ0) is 13.7. The van der Waals surface area contributed by atoms with Gasteiger partial charge in [-0.25, -0.2) is 0 Å². The molecule has 0 fully saturated rings. The average Bonchev–Trinajstić information content (AvgIpc) is 2.30. The van der Waals surface area contributed by atoms with E-state index in [1.807, 2.05) is 13.8 Å². The highest BCUT2D eigenvalue weighted by atomic mass is 79.9. The second kappa shape index (κ2) is 6.53. The highest BCUT2D eigenvalue weighted by molar-refractivity contribution is 9.10. The summed E-state index contributed by atoms with van der Waals surface area (Å²) in [6.45, 7) is 4.66. The van der Waals surface area contributed by atoms with E-state index in [0.717, 1.165) is 5.56 Å². The van der Waals surface area contributed by atoms with Crippen LogP contribution in [0.2, 0.25) is 0 Å². The molecule has 0 spiro atoms. The van der Waals surface area contributed by atoms with Crippen molar-refractivity contribution in [2.45, 2.75) is 26.4 Å². The summed E-state index contributed by atoms with van der Waals surface area (Å²) in [6, 6.07) is 4.70. The Kier molecular flexibility index (Phi) is 5.32. The maximum absolute atomic E-state index is 10.6. The molecule has 0 aromatic heterocycles. The van der Waals surface area contributed by atoms with Crippen molar-refractivity contribution in [2.24, 2.45) is 5.92 Å². The predicted octanol–water partition coefficient (Wildman–Crippen LogP) is 3.10. The third-order valence-electron chi connectivity index (χ3n) is 2.61. The fourth-order valence-corrected chi connectivity index (χ4v) is 2.01. The van der Waals surface area contributed by atoms with Crippen LogP contribution in [0.1, 0.15) is 19.4 Å². The van der Waals surface area contributed by atoms with Crippen LogP contribution in [0.5, 0.6) is 0 Å². The molecule has 1 rings (SSSR count). The van der Waals surface area contributed by atoms with Gasteiger partial charge >= 0.3 is 0 Å². The largest absolute Gasteiger partial charge is 0.299 e. The van der Waals surface area contributed by atoms with Gasteiger partial charge in [-0.2, -0.15) is 0 Å². The van der Waals surface area contributed by atoms with E-state index in [2.05, 4.69) is 27.2 Å². The van der Waals surface area contributed by atoms with Crippen LogP contribution >= 0.6 is 15.9 Å². The Labute approximate surface area is 115 Å². The first kappa shape index (κ1) is 14.7. The summed E-state index contributed by atoms with van der Waals surface area (Å²) >= 11 is 3.33. The zero-order valence-electron chi connectivity index (χ0n) is 10.3. The average molecular weight is 311 g/mol. The van der Waals surface area contributed by atoms with Gasteiger partial charge in [-0.15, -0.1) is 6.42 Å². The second-order valence-electron chi connectivity index (χ2n) is 4.30. The topological polar surface area (TPSA) is 55.2 Å². The summed E-state index contributed by atoms with van der Waals surface area (Å²) in [5, 5.41) is 13.8. The molecule has 0 saturated heterocycles. The van der Waals surface area contributed by atoms with Crippen LogP contribution in [-0.4, -0.2) is 11.0 Å². The number of hydrogen-bond acceptors (Lipinski definition) is 3. The maximum atomic E-state index is 10.6. The molecule has 1 aromatic rings. The predicted molar refractivity (Wildman–Crippen MR) is 75.1 cm³/mol. The van der Waals surface area contributed by atoms with Gasteiger partial charge in [0.05, 0.1) is 11.0 Å². The summed E-state index contributed by atoms with van der Waals surface area (Å²) in [6.07, 6.45) is 5.43. The number of benzene rings is 1. The normalized spacial score (nSPS) is 12.2. The third kappa shape index (κ3) is 3.83. The van der Waals surface area contributed by atoms with Gasteiger partial charge in [0, 0.05) is 23.2 Å². The fourth-order valence-electron chi connectivity index (χ4n) is 1.50. The molecular formula is C13H15BrN2O2. The van der Waals surface area contributed by atoms with Gasteiger partial charge in [0.15, 0.2) is 0 Å². The Hall–Kier alpha value is -1.38. The highest BCUT2D eigenvalue weighted by Crippen LogP contribution is 2.23. The number of nitro benzene ring substituents is 1. The van der Waals surface area contributed by atoms with Gasteiger partial charge < -0.3 is 0 Å². The number of nitro groups is 1. The quantitative estimate of drug-likeness (QED) is 0.516. The van der Waals surface area contributed by atoms with Crippen LogP contribution in [-0.2, 0) is 6.54 Å². The molecule has 0 radical (unpaired) electrons. The summed E-state index contributed by atoms with van der Waals surface area (Å²) in [5.74, 6) is 3.03.